The van der Waals surface area contributed by atoms with Crippen molar-refractivity contribution in [2.45, 2.75) is 54.5 Å². The zero-order valence-electron chi connectivity index (χ0n) is 23.6. The highest BCUT2D eigenvalue weighted by Gasteiger charge is 2.17. The first-order chi connectivity index (χ1) is 17.0. The maximum Gasteiger partial charge on any atom is 0.0527 e. The molecular formula is C33H50N2. The second kappa shape index (κ2) is 22.5. The van der Waals surface area contributed by atoms with Gasteiger partial charge in [-0.15, -0.1) is 13.2 Å². The third-order valence-electron chi connectivity index (χ3n) is 5.02. The number of hydrogen-bond acceptors (Lipinski definition) is 2. The molecule has 2 nitrogen and oxygen atoms in total. The van der Waals surface area contributed by atoms with Gasteiger partial charge < -0.3 is 9.80 Å². The van der Waals surface area contributed by atoms with Crippen molar-refractivity contribution in [2.75, 3.05) is 18.5 Å². The van der Waals surface area contributed by atoms with Crippen molar-refractivity contribution in [3.05, 3.63) is 123 Å². The van der Waals surface area contributed by atoms with Crippen molar-refractivity contribution in [2.24, 2.45) is 5.92 Å². The van der Waals surface area contributed by atoms with Gasteiger partial charge in [0.05, 0.1) is 6.04 Å². The van der Waals surface area contributed by atoms with Gasteiger partial charge in [-0.05, 0) is 44.3 Å². The zero-order chi connectivity index (χ0) is 27.1. The molecule has 0 aliphatic heterocycles. The van der Waals surface area contributed by atoms with E-state index in [9.17, 15) is 0 Å². The molecule has 0 radical (unpaired) electrons. The molecule has 192 valence electrons. The van der Waals surface area contributed by atoms with E-state index in [1.807, 2.05) is 102 Å². The Hall–Kier alpha value is -3.26. The Morgan fingerprint density at radius 1 is 0.829 bits per heavy atom. The molecule has 2 aromatic carbocycles. The SMILES string of the molecule is C=CC(C(C)C(=C)/C=C\C)N(C)/C=C/C.C=CCN(c1ccccc1)c1ccccc1.CC.CC. The topological polar surface area (TPSA) is 6.48 Å². The molecule has 0 saturated heterocycles. The molecule has 2 aromatic rings. The summed E-state index contributed by atoms with van der Waals surface area (Å²) in [4.78, 5) is 4.39. The Morgan fingerprint density at radius 2 is 1.29 bits per heavy atom. The summed E-state index contributed by atoms with van der Waals surface area (Å²) in [5.74, 6) is 0.375. The molecule has 0 aromatic heterocycles. The monoisotopic (exact) mass is 474 g/mol. The zero-order valence-corrected chi connectivity index (χ0v) is 23.6. The molecule has 0 fully saturated rings. The summed E-state index contributed by atoms with van der Waals surface area (Å²) in [5, 5.41) is 0. The second-order valence-corrected chi connectivity index (χ2v) is 7.31. The molecular weight excluding hydrogens is 424 g/mol. The molecule has 2 heteroatoms. The van der Waals surface area contributed by atoms with E-state index in [4.69, 9.17) is 0 Å². The highest BCUT2D eigenvalue weighted by atomic mass is 15.1. The average Bonchev–Trinajstić information content (AvgIpc) is 2.91. The Bertz CT molecular complexity index is 794. The van der Waals surface area contributed by atoms with Gasteiger partial charge in [-0.25, -0.2) is 0 Å². The number of allylic oxidation sites excluding steroid dienone is 3. The number of hydrogen-bond donors (Lipinski definition) is 0. The molecule has 0 amide bonds. The number of para-hydroxylation sites is 2. The summed E-state index contributed by atoms with van der Waals surface area (Å²) < 4.78 is 0. The van der Waals surface area contributed by atoms with Gasteiger partial charge in [0, 0.05) is 30.9 Å². The third kappa shape index (κ3) is 13.3. The first-order valence-corrected chi connectivity index (χ1v) is 12.8. The molecule has 0 saturated carbocycles. The Morgan fingerprint density at radius 3 is 1.63 bits per heavy atom. The van der Waals surface area contributed by atoms with Crippen LogP contribution in [-0.4, -0.2) is 24.5 Å². The summed E-state index contributed by atoms with van der Waals surface area (Å²) in [6.45, 7) is 26.8. The van der Waals surface area contributed by atoms with Crippen molar-refractivity contribution >= 4 is 11.4 Å². The van der Waals surface area contributed by atoms with Gasteiger partial charge in [0.15, 0.2) is 0 Å². The van der Waals surface area contributed by atoms with E-state index in [1.165, 1.54) is 11.4 Å². The van der Waals surface area contributed by atoms with Crippen molar-refractivity contribution in [1.29, 1.82) is 0 Å². The molecule has 0 N–H and O–H groups in total. The first kappa shape index (κ1) is 33.9. The summed E-state index contributed by atoms with van der Waals surface area (Å²) in [6.07, 6.45) is 12.1. The van der Waals surface area contributed by atoms with E-state index in [2.05, 4.69) is 80.0 Å². The van der Waals surface area contributed by atoms with Crippen LogP contribution in [0.3, 0.4) is 0 Å². The molecule has 2 rings (SSSR count). The standard InChI is InChI=1S/C15H15N.C14H23N.2C2H6/c1-2-13-16(14-9-5-3-6-10-14)15-11-7-4-8-12-15;1-7-10-12(4)13(5)14(9-3)15(6)11-8-2;2*1-2/h2-12H,1,13H2;7-11,13-14H,3-4H2,1-2,5-6H3;2*1-2H3/b;10-7-,11-8+;;. The number of benzene rings is 2. The van der Waals surface area contributed by atoms with Gasteiger partial charge in [-0.2, -0.15) is 0 Å². The highest BCUT2D eigenvalue weighted by Crippen LogP contribution is 2.24. The largest absolute Gasteiger partial charge is 0.374 e. The van der Waals surface area contributed by atoms with Gasteiger partial charge >= 0.3 is 0 Å². The number of anilines is 2. The van der Waals surface area contributed by atoms with E-state index >= 15 is 0 Å². The molecule has 2 unspecified atom stereocenters. The highest BCUT2D eigenvalue weighted by molar-refractivity contribution is 5.63. The van der Waals surface area contributed by atoms with Crippen LogP contribution in [-0.2, 0) is 0 Å². The lowest BCUT2D eigenvalue weighted by molar-refractivity contribution is 0.325. The number of nitrogens with zero attached hydrogens (tertiary/aromatic N) is 2. The van der Waals surface area contributed by atoms with E-state index in [0.717, 1.165) is 12.1 Å². The molecule has 0 aliphatic rings. The molecule has 35 heavy (non-hydrogen) atoms. The van der Waals surface area contributed by atoms with Crippen LogP contribution in [0.2, 0.25) is 0 Å². The van der Waals surface area contributed by atoms with Gasteiger partial charge in [0.2, 0.25) is 0 Å². The quantitative estimate of drug-likeness (QED) is 0.250. The predicted octanol–water partition coefficient (Wildman–Crippen LogP) is 9.84. The van der Waals surface area contributed by atoms with Gasteiger partial charge in [-0.1, -0.05) is 114 Å². The maximum absolute atomic E-state index is 4.07. The van der Waals surface area contributed by atoms with Crippen LogP contribution in [0, 0.1) is 5.92 Å². The smallest absolute Gasteiger partial charge is 0.0527 e. The van der Waals surface area contributed by atoms with Gasteiger partial charge in [0.1, 0.15) is 0 Å². The van der Waals surface area contributed by atoms with E-state index in [1.54, 1.807) is 0 Å². The lowest BCUT2D eigenvalue weighted by Gasteiger charge is -2.30. The van der Waals surface area contributed by atoms with Crippen LogP contribution in [0.1, 0.15) is 48.5 Å². The fourth-order valence-electron chi connectivity index (χ4n) is 3.35. The van der Waals surface area contributed by atoms with Crippen LogP contribution < -0.4 is 4.90 Å². The maximum atomic E-state index is 4.07. The fourth-order valence-corrected chi connectivity index (χ4v) is 3.35. The van der Waals surface area contributed by atoms with E-state index in [0.29, 0.717) is 12.0 Å². The fraction of sp³-hybridized carbons (Fsp3) is 0.333. The van der Waals surface area contributed by atoms with Gasteiger partial charge in [0.25, 0.3) is 0 Å². The average molecular weight is 475 g/mol. The summed E-state index contributed by atoms with van der Waals surface area (Å²) >= 11 is 0. The lowest BCUT2D eigenvalue weighted by Crippen LogP contribution is -2.31. The van der Waals surface area contributed by atoms with Crippen LogP contribution in [0.15, 0.2) is 123 Å². The van der Waals surface area contributed by atoms with Crippen LogP contribution in [0.5, 0.6) is 0 Å². The Balaban J connectivity index is 0. The van der Waals surface area contributed by atoms with Crippen LogP contribution >= 0.6 is 0 Å². The van der Waals surface area contributed by atoms with Crippen LogP contribution in [0.4, 0.5) is 11.4 Å². The third-order valence-corrected chi connectivity index (χ3v) is 5.02. The lowest BCUT2D eigenvalue weighted by atomic mass is 9.93. The predicted molar refractivity (Wildman–Crippen MR) is 162 cm³/mol. The first-order valence-electron chi connectivity index (χ1n) is 12.8. The van der Waals surface area contributed by atoms with Crippen molar-refractivity contribution in [1.82, 2.24) is 4.90 Å². The molecule has 2 atom stereocenters. The molecule has 0 aliphatic carbocycles. The van der Waals surface area contributed by atoms with Crippen molar-refractivity contribution in [3.8, 4) is 0 Å². The van der Waals surface area contributed by atoms with Crippen LogP contribution in [0.25, 0.3) is 0 Å². The minimum atomic E-state index is 0.296. The molecule has 0 bridgehead atoms. The summed E-state index contributed by atoms with van der Waals surface area (Å²) in [5.41, 5.74) is 3.51. The van der Waals surface area contributed by atoms with Crippen molar-refractivity contribution in [3.63, 3.8) is 0 Å². The second-order valence-electron chi connectivity index (χ2n) is 7.31. The minimum absolute atomic E-state index is 0.296. The number of rotatable bonds is 10. The normalized spacial score (nSPS) is 11.4. The number of likely N-dealkylation sites (N-methyl/N-ethyl adjacent to an activating group) is 1. The summed E-state index contributed by atoms with van der Waals surface area (Å²) in [6, 6.07) is 21.0. The molecule has 0 heterocycles. The van der Waals surface area contributed by atoms with E-state index < -0.39 is 0 Å². The Kier molecular flexibility index (Phi) is 21.8. The minimum Gasteiger partial charge on any atom is -0.374 e. The van der Waals surface area contributed by atoms with E-state index in [-0.39, 0.29) is 0 Å². The molecule has 0 spiro atoms. The Labute approximate surface area is 217 Å². The van der Waals surface area contributed by atoms with Gasteiger partial charge in [-0.3, -0.25) is 0 Å². The summed E-state index contributed by atoms with van der Waals surface area (Å²) in [7, 11) is 2.06. The van der Waals surface area contributed by atoms with Crippen molar-refractivity contribution < 1.29 is 0 Å².